The zero-order valence-corrected chi connectivity index (χ0v) is 17.9. The molecule has 31 heavy (non-hydrogen) atoms. The first kappa shape index (κ1) is 20.6. The molecule has 0 spiro atoms. The molecule has 4 aromatic rings. The minimum absolute atomic E-state index is 0.231. The lowest BCUT2D eigenvalue weighted by Gasteiger charge is -2.08. The minimum atomic E-state index is -3.25. The van der Waals surface area contributed by atoms with Gasteiger partial charge in [-0.15, -0.1) is 0 Å². The maximum Gasteiger partial charge on any atom is 0.175 e. The summed E-state index contributed by atoms with van der Waals surface area (Å²) < 4.78 is 23.2. The molecule has 0 saturated carbocycles. The third-order valence-electron chi connectivity index (χ3n) is 4.39. The Balaban J connectivity index is 1.67. The van der Waals surface area contributed by atoms with E-state index in [1.807, 2.05) is 12.1 Å². The summed E-state index contributed by atoms with van der Waals surface area (Å²) in [6.45, 7) is 0. The van der Waals surface area contributed by atoms with Crippen LogP contribution in [-0.4, -0.2) is 29.6 Å². The van der Waals surface area contributed by atoms with Crippen LogP contribution in [0.3, 0.4) is 0 Å². The van der Waals surface area contributed by atoms with Gasteiger partial charge in [-0.2, -0.15) is 0 Å². The van der Waals surface area contributed by atoms with Crippen molar-refractivity contribution in [3.8, 4) is 11.8 Å². The van der Waals surface area contributed by atoms with Crippen LogP contribution < -0.4 is 11.1 Å². The number of nitrogen functional groups attached to an aromatic ring is 1. The number of hydrogen-bond acceptors (Lipinski definition) is 7. The van der Waals surface area contributed by atoms with Crippen LogP contribution in [0.5, 0.6) is 0 Å². The zero-order valence-electron chi connectivity index (χ0n) is 16.3. The maximum atomic E-state index is 11.6. The van der Waals surface area contributed by atoms with Gasteiger partial charge in [-0.3, -0.25) is 0 Å². The van der Waals surface area contributed by atoms with Crippen LogP contribution in [0.1, 0.15) is 11.3 Å². The number of aromatic nitrogens is 3. The quantitative estimate of drug-likeness (QED) is 0.361. The van der Waals surface area contributed by atoms with Crippen LogP contribution in [-0.2, 0) is 9.84 Å². The number of nitrogens with one attached hydrogen (secondary N) is 1. The molecule has 0 aliphatic carbocycles. The Morgan fingerprint density at radius 1 is 1.03 bits per heavy atom. The van der Waals surface area contributed by atoms with E-state index in [4.69, 9.17) is 17.3 Å². The standard InChI is InChI=1S/C22H16ClN5O2S/c1-31(29,30)17-6-4-16(5-7-17)27-21-12-18-15(13-26-21)10-11-25-19(18)8-2-14-3-9-20(24)28-22(14)23/h3-7,9-13H,1H3,(H2,24,28)(H,26,27). The van der Waals surface area contributed by atoms with E-state index in [2.05, 4.69) is 32.1 Å². The maximum absolute atomic E-state index is 11.6. The number of halogens is 1. The van der Waals surface area contributed by atoms with Gasteiger partial charge in [0.25, 0.3) is 0 Å². The molecule has 0 bridgehead atoms. The van der Waals surface area contributed by atoms with Crippen LogP contribution in [0.2, 0.25) is 5.15 Å². The van der Waals surface area contributed by atoms with Gasteiger partial charge in [0.1, 0.15) is 22.5 Å². The molecule has 3 N–H and O–H groups in total. The van der Waals surface area contributed by atoms with E-state index >= 15 is 0 Å². The van der Waals surface area contributed by atoms with Gasteiger partial charge >= 0.3 is 0 Å². The van der Waals surface area contributed by atoms with E-state index in [0.717, 1.165) is 10.8 Å². The third-order valence-corrected chi connectivity index (χ3v) is 5.80. The highest BCUT2D eigenvalue weighted by Gasteiger charge is 2.08. The summed E-state index contributed by atoms with van der Waals surface area (Å²) in [7, 11) is -3.25. The molecule has 0 atom stereocenters. The first-order chi connectivity index (χ1) is 14.8. The molecule has 9 heteroatoms. The van der Waals surface area contributed by atoms with Crippen LogP contribution in [0.4, 0.5) is 17.3 Å². The van der Waals surface area contributed by atoms with Crippen molar-refractivity contribution >= 4 is 49.5 Å². The molecular formula is C22H16ClN5O2S. The fourth-order valence-corrected chi connectivity index (χ4v) is 3.67. The Kier molecular flexibility index (Phi) is 5.46. The molecule has 3 aromatic heterocycles. The fourth-order valence-electron chi connectivity index (χ4n) is 2.83. The van der Waals surface area contributed by atoms with E-state index in [1.165, 1.54) is 6.26 Å². The van der Waals surface area contributed by atoms with Gasteiger partial charge in [-0.05, 0) is 54.5 Å². The molecule has 3 heterocycles. The number of nitrogens with zero attached hydrogens (tertiary/aromatic N) is 3. The molecule has 0 aliphatic heterocycles. The topological polar surface area (TPSA) is 111 Å². The van der Waals surface area contributed by atoms with E-state index in [9.17, 15) is 8.42 Å². The highest BCUT2D eigenvalue weighted by atomic mass is 35.5. The zero-order chi connectivity index (χ0) is 22.0. The van der Waals surface area contributed by atoms with E-state index in [-0.39, 0.29) is 10.0 Å². The van der Waals surface area contributed by atoms with Crippen LogP contribution in [0.15, 0.2) is 65.8 Å². The first-order valence-corrected chi connectivity index (χ1v) is 11.3. The van der Waals surface area contributed by atoms with E-state index in [0.29, 0.717) is 28.6 Å². The molecule has 7 nitrogen and oxygen atoms in total. The van der Waals surface area contributed by atoms with Gasteiger partial charge < -0.3 is 11.1 Å². The number of anilines is 3. The Labute approximate surface area is 184 Å². The Bertz CT molecular complexity index is 1460. The summed E-state index contributed by atoms with van der Waals surface area (Å²) in [4.78, 5) is 13.0. The van der Waals surface area contributed by atoms with Gasteiger partial charge in [0.15, 0.2) is 9.84 Å². The number of sulfone groups is 1. The second-order valence-electron chi connectivity index (χ2n) is 6.70. The normalized spacial score (nSPS) is 11.0. The predicted molar refractivity (Wildman–Crippen MR) is 122 cm³/mol. The molecule has 154 valence electrons. The predicted octanol–water partition coefficient (Wildman–Crippen LogP) is 3.81. The molecule has 0 aliphatic rings. The SMILES string of the molecule is CS(=O)(=O)c1ccc(Nc2cc3c(C#Cc4ccc(N)nc4Cl)nccc3cn2)cc1. The lowest BCUT2D eigenvalue weighted by atomic mass is 10.1. The van der Waals surface area contributed by atoms with Crippen molar-refractivity contribution in [1.82, 2.24) is 15.0 Å². The third kappa shape index (κ3) is 4.74. The summed E-state index contributed by atoms with van der Waals surface area (Å²) >= 11 is 6.10. The molecular weight excluding hydrogens is 434 g/mol. The average Bonchev–Trinajstić information content (AvgIpc) is 2.73. The molecule has 0 unspecified atom stereocenters. The Morgan fingerprint density at radius 3 is 2.52 bits per heavy atom. The lowest BCUT2D eigenvalue weighted by molar-refractivity contribution is 0.602. The number of nitrogens with two attached hydrogens (primary N) is 1. The lowest BCUT2D eigenvalue weighted by Crippen LogP contribution is -1.98. The van der Waals surface area contributed by atoms with E-state index < -0.39 is 9.84 Å². The number of fused-ring (bicyclic) bond motifs is 1. The summed E-state index contributed by atoms with van der Waals surface area (Å²) in [5, 5.41) is 5.07. The summed E-state index contributed by atoms with van der Waals surface area (Å²) in [5.41, 5.74) is 7.43. The average molecular weight is 450 g/mol. The smallest absolute Gasteiger partial charge is 0.175 e. The molecule has 0 radical (unpaired) electrons. The van der Waals surface area contributed by atoms with E-state index in [1.54, 1.807) is 48.8 Å². The Hall–Kier alpha value is -3.67. The second-order valence-corrected chi connectivity index (χ2v) is 9.07. The Morgan fingerprint density at radius 2 is 1.81 bits per heavy atom. The molecule has 1 aromatic carbocycles. The monoisotopic (exact) mass is 449 g/mol. The van der Waals surface area contributed by atoms with Gasteiger partial charge in [0, 0.05) is 35.1 Å². The van der Waals surface area contributed by atoms with Crippen molar-refractivity contribution in [1.29, 1.82) is 0 Å². The first-order valence-electron chi connectivity index (χ1n) is 9.05. The van der Waals surface area contributed by atoms with Crippen LogP contribution in [0.25, 0.3) is 10.8 Å². The van der Waals surface area contributed by atoms with Crippen molar-refractivity contribution in [3.63, 3.8) is 0 Å². The van der Waals surface area contributed by atoms with Crippen LogP contribution in [0, 0.1) is 11.8 Å². The van der Waals surface area contributed by atoms with Crippen molar-refractivity contribution in [3.05, 3.63) is 77.3 Å². The highest BCUT2D eigenvalue weighted by Crippen LogP contribution is 2.23. The molecule has 0 fully saturated rings. The number of rotatable bonds is 3. The number of benzene rings is 1. The summed E-state index contributed by atoms with van der Waals surface area (Å²) in [6, 6.07) is 13.5. The van der Waals surface area contributed by atoms with Gasteiger partial charge in [0.05, 0.1) is 10.5 Å². The van der Waals surface area contributed by atoms with Crippen molar-refractivity contribution in [2.24, 2.45) is 0 Å². The molecule has 0 saturated heterocycles. The van der Waals surface area contributed by atoms with Gasteiger partial charge in [0.2, 0.25) is 0 Å². The number of pyridine rings is 3. The largest absolute Gasteiger partial charge is 0.384 e. The van der Waals surface area contributed by atoms with Gasteiger partial charge in [-0.25, -0.2) is 23.4 Å². The van der Waals surface area contributed by atoms with Crippen molar-refractivity contribution in [2.45, 2.75) is 4.90 Å². The summed E-state index contributed by atoms with van der Waals surface area (Å²) in [6.07, 6.45) is 4.55. The molecule has 0 amide bonds. The number of hydrogen-bond donors (Lipinski definition) is 2. The van der Waals surface area contributed by atoms with Gasteiger partial charge in [-0.1, -0.05) is 17.5 Å². The highest BCUT2D eigenvalue weighted by molar-refractivity contribution is 7.90. The summed E-state index contributed by atoms with van der Waals surface area (Å²) in [5.74, 6) is 6.91. The minimum Gasteiger partial charge on any atom is -0.384 e. The van der Waals surface area contributed by atoms with Crippen LogP contribution >= 0.6 is 11.6 Å². The van der Waals surface area contributed by atoms with Crippen molar-refractivity contribution < 1.29 is 8.42 Å². The van der Waals surface area contributed by atoms with Crippen molar-refractivity contribution in [2.75, 3.05) is 17.3 Å². The molecule has 4 rings (SSSR count). The fraction of sp³-hybridized carbons (Fsp3) is 0.0455. The second kappa shape index (κ2) is 8.22.